The van der Waals surface area contributed by atoms with Crippen LogP contribution in [0.3, 0.4) is 0 Å². The molecule has 0 fully saturated rings. The van der Waals surface area contributed by atoms with Gasteiger partial charge in [0.1, 0.15) is 6.33 Å². The minimum atomic E-state index is 0.668. The van der Waals surface area contributed by atoms with Crippen LogP contribution in [0.1, 0.15) is 20.3 Å². The Morgan fingerprint density at radius 1 is 1.26 bits per heavy atom. The van der Waals surface area contributed by atoms with Crippen molar-refractivity contribution >= 4 is 22.5 Å². The zero-order chi connectivity index (χ0) is 13.2. The summed E-state index contributed by atoms with van der Waals surface area (Å²) in [6, 6.07) is 8.01. The minimum absolute atomic E-state index is 0.668. The highest BCUT2D eigenvalue weighted by atomic mass is 15.3. The van der Waals surface area contributed by atoms with Gasteiger partial charge in [-0.05, 0) is 24.5 Å². The molecule has 5 nitrogen and oxygen atoms in total. The highest BCUT2D eigenvalue weighted by Crippen LogP contribution is 2.19. The molecule has 19 heavy (non-hydrogen) atoms. The minimum Gasteiger partial charge on any atom is -0.367 e. The van der Waals surface area contributed by atoms with Crippen LogP contribution in [0.4, 0.5) is 5.82 Å². The second kappa shape index (κ2) is 4.84. The number of nitrogens with one attached hydrogen (secondary N) is 1. The Kier molecular flexibility index (Phi) is 3.03. The maximum Gasteiger partial charge on any atom is 0.203 e. The molecule has 0 unspecified atom stereocenters. The molecule has 98 valence electrons. The number of fused-ring (bicyclic) bond motifs is 3. The third kappa shape index (κ3) is 2.23. The summed E-state index contributed by atoms with van der Waals surface area (Å²) in [5.41, 5.74) is 2.75. The van der Waals surface area contributed by atoms with E-state index in [4.69, 9.17) is 0 Å². The molecule has 2 heterocycles. The smallest absolute Gasteiger partial charge is 0.203 e. The molecule has 1 aromatic carbocycles. The van der Waals surface area contributed by atoms with Crippen molar-refractivity contribution in [2.45, 2.75) is 20.3 Å². The molecule has 5 heteroatoms. The summed E-state index contributed by atoms with van der Waals surface area (Å²) in [7, 11) is 0. The van der Waals surface area contributed by atoms with Gasteiger partial charge < -0.3 is 5.32 Å². The van der Waals surface area contributed by atoms with E-state index in [0.29, 0.717) is 5.92 Å². The number of anilines is 1. The lowest BCUT2D eigenvalue weighted by Gasteiger charge is -2.10. The number of para-hydroxylation sites is 2. The van der Waals surface area contributed by atoms with Crippen molar-refractivity contribution in [2.75, 3.05) is 11.9 Å². The molecule has 0 spiro atoms. The van der Waals surface area contributed by atoms with E-state index in [2.05, 4.69) is 34.3 Å². The van der Waals surface area contributed by atoms with E-state index >= 15 is 0 Å². The summed E-state index contributed by atoms with van der Waals surface area (Å²) in [6.07, 6.45) is 2.84. The fourth-order valence-electron chi connectivity index (χ4n) is 2.10. The normalized spacial score (nSPS) is 11.5. The van der Waals surface area contributed by atoms with Crippen molar-refractivity contribution in [2.24, 2.45) is 5.92 Å². The van der Waals surface area contributed by atoms with Gasteiger partial charge in [0.25, 0.3) is 0 Å². The molecule has 0 aliphatic rings. The molecule has 1 N–H and O–H groups in total. The Balaban J connectivity index is 2.04. The number of aromatic nitrogens is 4. The van der Waals surface area contributed by atoms with E-state index < -0.39 is 0 Å². The molecule has 3 aromatic rings. The number of rotatable bonds is 4. The van der Waals surface area contributed by atoms with Crippen molar-refractivity contribution < 1.29 is 0 Å². The Morgan fingerprint density at radius 3 is 2.95 bits per heavy atom. The molecule has 0 radical (unpaired) electrons. The predicted octanol–water partition coefficient (Wildman–Crippen LogP) is 2.74. The van der Waals surface area contributed by atoms with Crippen LogP contribution in [0.5, 0.6) is 0 Å². The monoisotopic (exact) mass is 255 g/mol. The summed E-state index contributed by atoms with van der Waals surface area (Å²) in [5, 5.41) is 11.5. The first-order valence-corrected chi connectivity index (χ1v) is 6.58. The van der Waals surface area contributed by atoms with Crippen LogP contribution in [0.25, 0.3) is 16.7 Å². The van der Waals surface area contributed by atoms with Crippen LogP contribution in [0.2, 0.25) is 0 Å². The summed E-state index contributed by atoms with van der Waals surface area (Å²) in [6.45, 7) is 5.32. The van der Waals surface area contributed by atoms with E-state index in [-0.39, 0.29) is 0 Å². The molecular formula is C14H17N5. The largest absolute Gasteiger partial charge is 0.367 e. The van der Waals surface area contributed by atoms with Gasteiger partial charge in [-0.3, -0.25) is 4.40 Å². The molecular weight excluding hydrogens is 238 g/mol. The molecule has 0 aliphatic carbocycles. The van der Waals surface area contributed by atoms with Gasteiger partial charge in [-0.25, -0.2) is 4.98 Å². The van der Waals surface area contributed by atoms with Gasteiger partial charge in [0.2, 0.25) is 5.65 Å². The van der Waals surface area contributed by atoms with Crippen molar-refractivity contribution in [3.8, 4) is 0 Å². The van der Waals surface area contributed by atoms with Crippen molar-refractivity contribution in [3.05, 3.63) is 30.6 Å². The summed E-state index contributed by atoms with van der Waals surface area (Å²) >= 11 is 0. The number of hydrogen-bond donors (Lipinski definition) is 1. The molecule has 2 aromatic heterocycles. The summed E-state index contributed by atoms with van der Waals surface area (Å²) in [4.78, 5) is 4.64. The van der Waals surface area contributed by atoms with Crippen LogP contribution in [0.15, 0.2) is 30.6 Å². The van der Waals surface area contributed by atoms with E-state index in [1.54, 1.807) is 6.33 Å². The standard InChI is InChI=1S/C14H17N5/c1-10(2)7-8-15-13-14-18-16-9-19(14)12-6-4-3-5-11(12)17-13/h3-6,9-10H,7-8H2,1-2H3,(H,15,17). The topological polar surface area (TPSA) is 55.1 Å². The lowest BCUT2D eigenvalue weighted by atomic mass is 10.1. The van der Waals surface area contributed by atoms with Crippen LogP contribution < -0.4 is 5.32 Å². The first-order valence-electron chi connectivity index (χ1n) is 6.58. The maximum atomic E-state index is 4.64. The van der Waals surface area contributed by atoms with Gasteiger partial charge in [-0.1, -0.05) is 26.0 Å². The van der Waals surface area contributed by atoms with Gasteiger partial charge in [-0.15, -0.1) is 10.2 Å². The van der Waals surface area contributed by atoms with Gasteiger partial charge in [0.15, 0.2) is 5.82 Å². The van der Waals surface area contributed by atoms with E-state index in [0.717, 1.165) is 35.5 Å². The van der Waals surface area contributed by atoms with E-state index in [1.165, 1.54) is 0 Å². The maximum absolute atomic E-state index is 4.64. The van der Waals surface area contributed by atoms with Crippen LogP contribution in [-0.2, 0) is 0 Å². The van der Waals surface area contributed by atoms with Gasteiger partial charge in [0, 0.05) is 6.54 Å². The van der Waals surface area contributed by atoms with E-state index in [1.807, 2.05) is 28.7 Å². The Hall–Kier alpha value is -2.17. The highest BCUT2D eigenvalue weighted by Gasteiger charge is 2.09. The molecule has 0 aliphatic heterocycles. The average molecular weight is 255 g/mol. The molecule has 0 atom stereocenters. The van der Waals surface area contributed by atoms with Crippen LogP contribution >= 0.6 is 0 Å². The lowest BCUT2D eigenvalue weighted by Crippen LogP contribution is -2.08. The second-order valence-corrected chi connectivity index (χ2v) is 5.08. The second-order valence-electron chi connectivity index (χ2n) is 5.08. The molecule has 0 saturated heterocycles. The van der Waals surface area contributed by atoms with Crippen LogP contribution in [0, 0.1) is 5.92 Å². The third-order valence-corrected chi connectivity index (χ3v) is 3.15. The van der Waals surface area contributed by atoms with Crippen LogP contribution in [-0.4, -0.2) is 26.1 Å². The zero-order valence-corrected chi connectivity index (χ0v) is 11.2. The molecule has 0 saturated carbocycles. The predicted molar refractivity (Wildman–Crippen MR) is 76.2 cm³/mol. The van der Waals surface area contributed by atoms with Gasteiger partial charge in [-0.2, -0.15) is 0 Å². The van der Waals surface area contributed by atoms with Gasteiger partial charge in [0.05, 0.1) is 11.0 Å². The molecule has 0 amide bonds. The van der Waals surface area contributed by atoms with Gasteiger partial charge >= 0.3 is 0 Å². The first kappa shape index (κ1) is 11.9. The Bertz CT molecular complexity index is 701. The number of nitrogens with zero attached hydrogens (tertiary/aromatic N) is 4. The quantitative estimate of drug-likeness (QED) is 0.778. The Labute approximate surface area is 111 Å². The van der Waals surface area contributed by atoms with Crippen molar-refractivity contribution in [1.29, 1.82) is 0 Å². The van der Waals surface area contributed by atoms with Crippen molar-refractivity contribution in [1.82, 2.24) is 19.6 Å². The molecule has 0 bridgehead atoms. The molecule has 3 rings (SSSR count). The fraction of sp³-hybridized carbons (Fsp3) is 0.357. The lowest BCUT2D eigenvalue weighted by molar-refractivity contribution is 0.607. The third-order valence-electron chi connectivity index (χ3n) is 3.15. The van der Waals surface area contributed by atoms with E-state index in [9.17, 15) is 0 Å². The van der Waals surface area contributed by atoms with Crippen molar-refractivity contribution in [3.63, 3.8) is 0 Å². The Morgan fingerprint density at radius 2 is 2.11 bits per heavy atom. The summed E-state index contributed by atoms with van der Waals surface area (Å²) in [5.74, 6) is 1.47. The number of benzene rings is 1. The SMILES string of the molecule is CC(C)CCNc1nc2ccccc2n2cnnc12. The fourth-order valence-corrected chi connectivity index (χ4v) is 2.10. The zero-order valence-electron chi connectivity index (χ0n) is 11.2. The average Bonchev–Trinajstić information content (AvgIpc) is 2.88. The highest BCUT2D eigenvalue weighted by molar-refractivity contribution is 5.82. The first-order chi connectivity index (χ1) is 9.25. The summed E-state index contributed by atoms with van der Waals surface area (Å²) < 4.78 is 1.97. The number of hydrogen-bond acceptors (Lipinski definition) is 4.